The lowest BCUT2D eigenvalue weighted by Crippen LogP contribution is -2.28. The van der Waals surface area contributed by atoms with Gasteiger partial charge in [-0.1, -0.05) is 22.6 Å². The van der Waals surface area contributed by atoms with E-state index in [4.69, 9.17) is 4.74 Å². The van der Waals surface area contributed by atoms with Crippen molar-refractivity contribution in [2.24, 2.45) is 0 Å². The van der Waals surface area contributed by atoms with Gasteiger partial charge in [-0.15, -0.1) is 0 Å². The molecule has 0 heterocycles. The number of hydrogen-bond donors (Lipinski definition) is 1. The lowest BCUT2D eigenvalue weighted by Gasteiger charge is -2.16. The van der Waals surface area contributed by atoms with Crippen LogP contribution in [0, 0.1) is 0 Å². The average Bonchev–Trinajstić information content (AvgIpc) is 2.25. The van der Waals surface area contributed by atoms with Crippen LogP contribution in [-0.4, -0.2) is 61.6 Å². The minimum atomic E-state index is 0.123. The van der Waals surface area contributed by atoms with Gasteiger partial charge in [0.25, 0.3) is 0 Å². The highest BCUT2D eigenvalue weighted by molar-refractivity contribution is 14.1. The predicted molar refractivity (Wildman–Crippen MR) is 75.3 cm³/mol. The maximum atomic E-state index is 11.4. The van der Waals surface area contributed by atoms with Gasteiger partial charge in [0, 0.05) is 26.1 Å². The highest BCUT2D eigenvalue weighted by Gasteiger charge is 2.09. The standard InChI is InChI=1S/C11H23IN2O2/c1-10(12)11(15)4-6-14(3)7-9-16-8-5-13-2/h10,13H,4-9H2,1-3H3. The zero-order valence-corrected chi connectivity index (χ0v) is 12.6. The third kappa shape index (κ3) is 9.50. The van der Waals surface area contributed by atoms with Gasteiger partial charge in [0.05, 0.1) is 17.1 Å². The van der Waals surface area contributed by atoms with Gasteiger partial charge >= 0.3 is 0 Å². The van der Waals surface area contributed by atoms with E-state index in [0.29, 0.717) is 12.2 Å². The molecule has 0 fully saturated rings. The third-order valence-electron chi connectivity index (χ3n) is 2.30. The average molecular weight is 342 g/mol. The summed E-state index contributed by atoms with van der Waals surface area (Å²) in [4.78, 5) is 13.5. The second-order valence-electron chi connectivity index (χ2n) is 3.85. The van der Waals surface area contributed by atoms with Gasteiger partial charge in [-0.25, -0.2) is 0 Å². The van der Waals surface area contributed by atoms with Crippen molar-refractivity contribution >= 4 is 28.4 Å². The van der Waals surface area contributed by atoms with Crippen LogP contribution in [0.4, 0.5) is 0 Å². The van der Waals surface area contributed by atoms with E-state index in [1.807, 2.05) is 21.0 Å². The summed E-state index contributed by atoms with van der Waals surface area (Å²) in [5, 5.41) is 3.02. The number of rotatable bonds is 10. The number of ether oxygens (including phenoxy) is 1. The number of nitrogens with one attached hydrogen (secondary N) is 1. The molecule has 0 rings (SSSR count). The van der Waals surface area contributed by atoms with Crippen molar-refractivity contribution in [1.82, 2.24) is 10.2 Å². The number of carbonyl (C=O) groups excluding carboxylic acids is 1. The van der Waals surface area contributed by atoms with Gasteiger partial charge in [0.1, 0.15) is 5.78 Å². The van der Waals surface area contributed by atoms with E-state index in [-0.39, 0.29) is 3.92 Å². The minimum Gasteiger partial charge on any atom is -0.379 e. The Kier molecular flexibility index (Phi) is 10.6. The molecule has 0 radical (unpaired) electrons. The first-order chi connectivity index (χ1) is 7.57. The lowest BCUT2D eigenvalue weighted by atomic mass is 10.2. The van der Waals surface area contributed by atoms with Crippen LogP contribution in [0.25, 0.3) is 0 Å². The molecule has 16 heavy (non-hydrogen) atoms. The summed E-state index contributed by atoms with van der Waals surface area (Å²) in [6.07, 6.45) is 0.636. The molecule has 0 aliphatic carbocycles. The van der Waals surface area contributed by atoms with Crippen molar-refractivity contribution in [2.75, 3.05) is 46.9 Å². The van der Waals surface area contributed by atoms with E-state index in [1.54, 1.807) is 0 Å². The molecule has 5 heteroatoms. The molecule has 4 nitrogen and oxygen atoms in total. The number of ketones is 1. The number of halogens is 1. The zero-order valence-electron chi connectivity index (χ0n) is 10.5. The Bertz CT molecular complexity index is 189. The Morgan fingerprint density at radius 1 is 1.44 bits per heavy atom. The summed E-state index contributed by atoms with van der Waals surface area (Å²) >= 11 is 2.16. The Balaban J connectivity index is 3.37. The van der Waals surface area contributed by atoms with E-state index < -0.39 is 0 Å². The third-order valence-corrected chi connectivity index (χ3v) is 2.99. The van der Waals surface area contributed by atoms with Gasteiger partial charge in [0.15, 0.2) is 0 Å². The van der Waals surface area contributed by atoms with Gasteiger partial charge in [0.2, 0.25) is 0 Å². The predicted octanol–water partition coefficient (Wildman–Crippen LogP) is 0.937. The molecule has 1 atom stereocenters. The van der Waals surface area contributed by atoms with Crippen LogP contribution in [0.15, 0.2) is 0 Å². The molecule has 0 amide bonds. The van der Waals surface area contributed by atoms with Crippen molar-refractivity contribution in [1.29, 1.82) is 0 Å². The number of carbonyl (C=O) groups is 1. The Morgan fingerprint density at radius 2 is 2.12 bits per heavy atom. The molecule has 0 aromatic rings. The SMILES string of the molecule is CNCCOCCN(C)CCC(=O)C(C)I. The molecule has 0 spiro atoms. The fraction of sp³-hybridized carbons (Fsp3) is 0.909. The number of nitrogens with zero attached hydrogens (tertiary/aromatic N) is 1. The number of likely N-dealkylation sites (N-methyl/N-ethyl adjacent to an activating group) is 2. The van der Waals surface area contributed by atoms with E-state index in [0.717, 1.165) is 32.8 Å². The topological polar surface area (TPSA) is 41.6 Å². The second-order valence-corrected chi connectivity index (χ2v) is 5.72. The fourth-order valence-electron chi connectivity index (χ4n) is 1.11. The first kappa shape index (κ1) is 16.3. The van der Waals surface area contributed by atoms with E-state index in [9.17, 15) is 4.79 Å². The second kappa shape index (κ2) is 10.4. The maximum Gasteiger partial charge on any atom is 0.146 e. The Hall–Kier alpha value is 0.280. The largest absolute Gasteiger partial charge is 0.379 e. The summed E-state index contributed by atoms with van der Waals surface area (Å²) in [7, 11) is 3.93. The lowest BCUT2D eigenvalue weighted by molar-refractivity contribution is -0.118. The van der Waals surface area contributed by atoms with Gasteiger partial charge in [-0.2, -0.15) is 0 Å². The summed E-state index contributed by atoms with van der Waals surface area (Å²) in [5.41, 5.74) is 0. The van der Waals surface area contributed by atoms with Crippen molar-refractivity contribution in [3.63, 3.8) is 0 Å². The molecular formula is C11H23IN2O2. The molecule has 1 N–H and O–H groups in total. The number of alkyl halides is 1. The molecular weight excluding hydrogens is 319 g/mol. The molecule has 0 saturated carbocycles. The Labute approximate surface area is 112 Å². The molecule has 96 valence electrons. The fourth-order valence-corrected chi connectivity index (χ4v) is 1.42. The molecule has 0 aromatic heterocycles. The van der Waals surface area contributed by atoms with Crippen LogP contribution in [0.1, 0.15) is 13.3 Å². The summed E-state index contributed by atoms with van der Waals surface area (Å²) in [5.74, 6) is 0.323. The van der Waals surface area contributed by atoms with Gasteiger partial charge in [-0.3, -0.25) is 4.79 Å². The minimum absolute atomic E-state index is 0.123. The monoisotopic (exact) mass is 342 g/mol. The van der Waals surface area contributed by atoms with Crippen LogP contribution in [0.5, 0.6) is 0 Å². The smallest absolute Gasteiger partial charge is 0.146 e. The molecule has 0 bridgehead atoms. The zero-order chi connectivity index (χ0) is 12.4. The number of Topliss-reactive ketones (excluding diaryl/α,β-unsaturated/α-hetero) is 1. The van der Waals surface area contributed by atoms with Gasteiger partial charge < -0.3 is 15.0 Å². The van der Waals surface area contributed by atoms with Crippen LogP contribution in [-0.2, 0) is 9.53 Å². The van der Waals surface area contributed by atoms with E-state index in [1.165, 1.54) is 0 Å². The van der Waals surface area contributed by atoms with Crippen molar-refractivity contribution in [3.05, 3.63) is 0 Å². The maximum absolute atomic E-state index is 11.4. The number of hydrogen-bond acceptors (Lipinski definition) is 4. The molecule has 1 unspecified atom stereocenters. The highest BCUT2D eigenvalue weighted by Crippen LogP contribution is 2.03. The van der Waals surface area contributed by atoms with Crippen molar-refractivity contribution in [2.45, 2.75) is 17.3 Å². The Morgan fingerprint density at radius 3 is 2.69 bits per heavy atom. The summed E-state index contributed by atoms with van der Waals surface area (Å²) in [6, 6.07) is 0. The van der Waals surface area contributed by atoms with Crippen LogP contribution >= 0.6 is 22.6 Å². The van der Waals surface area contributed by atoms with Crippen LogP contribution in [0.2, 0.25) is 0 Å². The molecule has 0 aliphatic rings. The molecule has 0 aromatic carbocycles. The van der Waals surface area contributed by atoms with E-state index >= 15 is 0 Å². The highest BCUT2D eigenvalue weighted by atomic mass is 127. The summed E-state index contributed by atoms with van der Waals surface area (Å²) in [6.45, 7) is 5.99. The molecule has 0 aliphatic heterocycles. The first-order valence-corrected chi connectivity index (χ1v) is 6.90. The van der Waals surface area contributed by atoms with Crippen molar-refractivity contribution in [3.8, 4) is 0 Å². The van der Waals surface area contributed by atoms with Gasteiger partial charge in [-0.05, 0) is 21.0 Å². The van der Waals surface area contributed by atoms with Crippen molar-refractivity contribution < 1.29 is 9.53 Å². The normalized spacial score (nSPS) is 13.1. The summed E-state index contributed by atoms with van der Waals surface area (Å²) < 4.78 is 5.53. The van der Waals surface area contributed by atoms with E-state index in [2.05, 4.69) is 32.8 Å². The quantitative estimate of drug-likeness (QED) is 0.365. The first-order valence-electron chi connectivity index (χ1n) is 5.65. The van der Waals surface area contributed by atoms with Crippen LogP contribution < -0.4 is 5.32 Å². The van der Waals surface area contributed by atoms with Crippen LogP contribution in [0.3, 0.4) is 0 Å². The molecule has 0 saturated heterocycles.